The fourth-order valence-corrected chi connectivity index (χ4v) is 4.01. The number of hydrazone groups is 1. The average Bonchev–Trinajstić information content (AvgIpc) is 2.92. The first-order valence-corrected chi connectivity index (χ1v) is 12.3. The third kappa shape index (κ3) is 7.94. The van der Waals surface area contributed by atoms with E-state index in [4.69, 9.17) is 14.2 Å². The molecule has 3 rings (SSSR count). The monoisotopic (exact) mass is 612 g/mol. The van der Waals surface area contributed by atoms with Gasteiger partial charge in [0.15, 0.2) is 11.5 Å². The molecule has 0 saturated heterocycles. The zero-order valence-corrected chi connectivity index (χ0v) is 22.4. The Morgan fingerprint density at radius 2 is 1.84 bits per heavy atom. The molecule has 0 heterocycles. The third-order valence-electron chi connectivity index (χ3n) is 5.15. The summed E-state index contributed by atoms with van der Waals surface area (Å²) in [5.41, 5.74) is 4.94. The van der Waals surface area contributed by atoms with Gasteiger partial charge < -0.3 is 19.5 Å². The highest BCUT2D eigenvalue weighted by molar-refractivity contribution is 14.1. The van der Waals surface area contributed by atoms with Crippen LogP contribution in [0.25, 0.3) is 0 Å². The van der Waals surface area contributed by atoms with Crippen LogP contribution >= 0.6 is 22.6 Å². The maximum Gasteiger partial charge on any atom is 0.251 e. The molecule has 3 aromatic carbocycles. The second-order valence-corrected chi connectivity index (χ2v) is 8.78. The van der Waals surface area contributed by atoms with Gasteiger partial charge in [-0.2, -0.15) is 10.4 Å². The standard InChI is InChI=1S/C27H25IN4O5/c1-35-22-9-7-19(8-10-22)27(34)30-12-11-25(33)32-31-16-18-13-23(28)26(24(14-18)36-2)37-17-21-6-4-3-5-20(21)15-29/h3-10,13-14,16H,11-12,17H2,1-2H3,(H,30,34)(H,32,33). The molecule has 0 aliphatic carbocycles. The number of rotatable bonds is 11. The molecular formula is C27H25IN4O5. The Morgan fingerprint density at radius 1 is 1.08 bits per heavy atom. The number of hydrogen-bond acceptors (Lipinski definition) is 7. The molecule has 0 aromatic heterocycles. The molecule has 190 valence electrons. The zero-order valence-electron chi connectivity index (χ0n) is 20.3. The van der Waals surface area contributed by atoms with E-state index in [2.05, 4.69) is 44.5 Å². The molecule has 3 aromatic rings. The number of methoxy groups -OCH3 is 2. The smallest absolute Gasteiger partial charge is 0.251 e. The van der Waals surface area contributed by atoms with E-state index in [9.17, 15) is 14.9 Å². The van der Waals surface area contributed by atoms with Crippen LogP contribution in [0.2, 0.25) is 0 Å². The van der Waals surface area contributed by atoms with Crippen molar-refractivity contribution in [2.75, 3.05) is 20.8 Å². The summed E-state index contributed by atoms with van der Waals surface area (Å²) in [5, 5.41) is 16.0. The molecule has 0 radical (unpaired) electrons. The van der Waals surface area contributed by atoms with Gasteiger partial charge >= 0.3 is 0 Å². The summed E-state index contributed by atoms with van der Waals surface area (Å²) in [4.78, 5) is 24.2. The number of hydrogen-bond donors (Lipinski definition) is 2. The van der Waals surface area contributed by atoms with Crippen LogP contribution in [-0.2, 0) is 11.4 Å². The van der Waals surface area contributed by atoms with Crippen molar-refractivity contribution in [3.63, 3.8) is 0 Å². The lowest BCUT2D eigenvalue weighted by atomic mass is 10.1. The van der Waals surface area contributed by atoms with E-state index in [0.717, 1.165) is 9.13 Å². The summed E-state index contributed by atoms with van der Waals surface area (Å²) in [6.07, 6.45) is 1.56. The largest absolute Gasteiger partial charge is 0.497 e. The number of nitriles is 1. The minimum atomic E-state index is -0.343. The minimum Gasteiger partial charge on any atom is -0.497 e. The van der Waals surface area contributed by atoms with Crippen LogP contribution in [0.3, 0.4) is 0 Å². The molecule has 0 bridgehead atoms. The molecule has 10 heteroatoms. The third-order valence-corrected chi connectivity index (χ3v) is 5.96. The summed E-state index contributed by atoms with van der Waals surface area (Å²) in [5.74, 6) is 1.08. The second-order valence-electron chi connectivity index (χ2n) is 7.62. The van der Waals surface area contributed by atoms with Crippen LogP contribution in [0.4, 0.5) is 0 Å². The van der Waals surface area contributed by atoms with Crippen LogP contribution in [-0.4, -0.2) is 38.8 Å². The summed E-state index contributed by atoms with van der Waals surface area (Å²) >= 11 is 2.13. The van der Waals surface area contributed by atoms with E-state index in [1.807, 2.05) is 18.2 Å². The Labute approximate surface area is 228 Å². The normalized spacial score (nSPS) is 10.4. The fourth-order valence-electron chi connectivity index (χ4n) is 3.23. The van der Waals surface area contributed by atoms with E-state index in [1.54, 1.807) is 49.6 Å². The van der Waals surface area contributed by atoms with Gasteiger partial charge in [-0.15, -0.1) is 0 Å². The minimum absolute atomic E-state index is 0.0665. The fraction of sp³-hybridized carbons (Fsp3) is 0.185. The topological polar surface area (TPSA) is 122 Å². The van der Waals surface area contributed by atoms with Gasteiger partial charge in [0.2, 0.25) is 5.91 Å². The quantitative estimate of drug-likeness (QED) is 0.192. The van der Waals surface area contributed by atoms with E-state index in [1.165, 1.54) is 13.3 Å². The first-order valence-electron chi connectivity index (χ1n) is 11.2. The Morgan fingerprint density at radius 3 is 2.54 bits per heavy atom. The molecule has 2 N–H and O–H groups in total. The number of amides is 2. The van der Waals surface area contributed by atoms with Crippen molar-refractivity contribution in [2.24, 2.45) is 5.10 Å². The van der Waals surface area contributed by atoms with Crippen LogP contribution in [0.15, 0.2) is 65.8 Å². The van der Waals surface area contributed by atoms with Crippen molar-refractivity contribution in [1.82, 2.24) is 10.7 Å². The van der Waals surface area contributed by atoms with E-state index in [-0.39, 0.29) is 31.4 Å². The van der Waals surface area contributed by atoms with Crippen LogP contribution in [0.1, 0.15) is 33.5 Å². The van der Waals surface area contributed by atoms with Gasteiger partial charge in [-0.05, 0) is 70.6 Å². The number of nitrogens with zero attached hydrogens (tertiary/aromatic N) is 2. The van der Waals surface area contributed by atoms with Crippen molar-refractivity contribution in [3.05, 3.63) is 86.5 Å². The van der Waals surface area contributed by atoms with E-state index in [0.29, 0.717) is 33.9 Å². The first-order chi connectivity index (χ1) is 17.9. The predicted molar refractivity (Wildman–Crippen MR) is 147 cm³/mol. The molecule has 0 fully saturated rings. The van der Waals surface area contributed by atoms with Crippen molar-refractivity contribution in [3.8, 4) is 23.3 Å². The lowest BCUT2D eigenvalue weighted by Crippen LogP contribution is -2.29. The molecule has 37 heavy (non-hydrogen) atoms. The average molecular weight is 612 g/mol. The van der Waals surface area contributed by atoms with Gasteiger partial charge in [-0.3, -0.25) is 9.59 Å². The Balaban J connectivity index is 1.51. The van der Waals surface area contributed by atoms with Crippen molar-refractivity contribution in [1.29, 1.82) is 5.26 Å². The molecular weight excluding hydrogens is 587 g/mol. The molecule has 0 atom stereocenters. The molecule has 0 unspecified atom stereocenters. The number of carbonyl (C=O) groups is 2. The predicted octanol–water partition coefficient (Wildman–Crippen LogP) is 4.03. The molecule has 0 aliphatic rings. The number of ether oxygens (including phenoxy) is 3. The van der Waals surface area contributed by atoms with Crippen LogP contribution in [0, 0.1) is 14.9 Å². The molecule has 0 spiro atoms. The van der Waals surface area contributed by atoms with Gasteiger partial charge in [0.25, 0.3) is 5.91 Å². The van der Waals surface area contributed by atoms with Crippen molar-refractivity contribution in [2.45, 2.75) is 13.0 Å². The summed E-state index contributed by atoms with van der Waals surface area (Å²) in [6, 6.07) is 19.6. The summed E-state index contributed by atoms with van der Waals surface area (Å²) in [7, 11) is 3.08. The highest BCUT2D eigenvalue weighted by atomic mass is 127. The van der Waals surface area contributed by atoms with Crippen molar-refractivity contribution < 1.29 is 23.8 Å². The zero-order chi connectivity index (χ0) is 26.6. The Hall–Kier alpha value is -4.11. The number of halogens is 1. The van der Waals surface area contributed by atoms with Gasteiger partial charge in [0.1, 0.15) is 12.4 Å². The lowest BCUT2D eigenvalue weighted by Gasteiger charge is -2.14. The van der Waals surface area contributed by atoms with Crippen LogP contribution < -0.4 is 25.0 Å². The maximum absolute atomic E-state index is 12.2. The highest BCUT2D eigenvalue weighted by Gasteiger charge is 2.13. The lowest BCUT2D eigenvalue weighted by molar-refractivity contribution is -0.120. The van der Waals surface area contributed by atoms with Gasteiger partial charge in [0, 0.05) is 24.1 Å². The molecule has 0 saturated carbocycles. The number of carbonyl (C=O) groups excluding carboxylic acids is 2. The van der Waals surface area contributed by atoms with E-state index < -0.39 is 0 Å². The van der Waals surface area contributed by atoms with E-state index >= 15 is 0 Å². The second kappa shape index (κ2) is 13.8. The van der Waals surface area contributed by atoms with Crippen molar-refractivity contribution >= 4 is 40.6 Å². The number of benzene rings is 3. The highest BCUT2D eigenvalue weighted by Crippen LogP contribution is 2.34. The molecule has 2 amide bonds. The summed E-state index contributed by atoms with van der Waals surface area (Å²) in [6.45, 7) is 0.382. The van der Waals surface area contributed by atoms with Gasteiger partial charge in [0.05, 0.1) is 35.6 Å². The Bertz CT molecular complexity index is 1320. The van der Waals surface area contributed by atoms with Gasteiger partial charge in [-0.1, -0.05) is 18.2 Å². The van der Waals surface area contributed by atoms with Gasteiger partial charge in [-0.25, -0.2) is 5.43 Å². The number of nitrogens with one attached hydrogen (secondary N) is 2. The molecule has 9 nitrogen and oxygen atoms in total. The Kier molecular flexibility index (Phi) is 10.3. The first kappa shape index (κ1) is 27.5. The molecule has 0 aliphatic heterocycles. The van der Waals surface area contributed by atoms with Crippen LogP contribution in [0.5, 0.6) is 17.2 Å². The maximum atomic E-state index is 12.2. The SMILES string of the molecule is COc1ccc(C(=O)NCCC(=O)NN=Cc2cc(I)c(OCc3ccccc3C#N)c(OC)c2)cc1. The summed E-state index contributed by atoms with van der Waals surface area (Å²) < 4.78 is 17.3.